The third-order valence-corrected chi connectivity index (χ3v) is 3.24. The highest BCUT2D eigenvalue weighted by Gasteiger charge is 2.08. The zero-order valence-corrected chi connectivity index (χ0v) is 11.5. The molecule has 0 saturated carbocycles. The summed E-state index contributed by atoms with van der Waals surface area (Å²) in [4.78, 5) is 0. The molecule has 2 N–H and O–H groups in total. The zero-order valence-electron chi connectivity index (χ0n) is 11.5. The van der Waals surface area contributed by atoms with Gasteiger partial charge in [-0.2, -0.15) is 0 Å². The maximum atomic E-state index is 12.8. The summed E-state index contributed by atoms with van der Waals surface area (Å²) in [5.41, 5.74) is 8.02. The number of benzene rings is 2. The highest BCUT2D eigenvalue weighted by molar-refractivity contribution is 5.17. The van der Waals surface area contributed by atoms with Gasteiger partial charge in [-0.15, -0.1) is 0 Å². The Kier molecular flexibility index (Phi) is 5.71. The third kappa shape index (κ3) is 4.76. The van der Waals surface area contributed by atoms with Gasteiger partial charge in [0, 0.05) is 0 Å². The Labute approximate surface area is 119 Å². The second-order valence-corrected chi connectivity index (χ2v) is 4.93. The summed E-state index contributed by atoms with van der Waals surface area (Å²) >= 11 is 0. The second kappa shape index (κ2) is 7.78. The van der Waals surface area contributed by atoms with E-state index in [4.69, 9.17) is 10.5 Å². The summed E-state index contributed by atoms with van der Waals surface area (Å²) in [6, 6.07) is 16.6. The Hall–Kier alpha value is -1.71. The first-order chi connectivity index (χ1) is 9.78. The molecule has 0 radical (unpaired) electrons. The van der Waals surface area contributed by atoms with E-state index in [1.165, 1.54) is 12.1 Å². The van der Waals surface area contributed by atoms with Crippen molar-refractivity contribution in [2.45, 2.75) is 13.0 Å². The summed E-state index contributed by atoms with van der Waals surface area (Å²) < 4.78 is 18.6. The van der Waals surface area contributed by atoms with Gasteiger partial charge >= 0.3 is 0 Å². The number of rotatable bonds is 7. The van der Waals surface area contributed by atoms with Crippen molar-refractivity contribution in [1.82, 2.24) is 0 Å². The van der Waals surface area contributed by atoms with Crippen LogP contribution in [-0.2, 0) is 17.8 Å². The van der Waals surface area contributed by atoms with Gasteiger partial charge < -0.3 is 10.5 Å². The molecular formula is C17H20FNO. The largest absolute Gasteiger partial charge is 0.376 e. The van der Waals surface area contributed by atoms with Crippen molar-refractivity contribution in [1.29, 1.82) is 0 Å². The van der Waals surface area contributed by atoms with Gasteiger partial charge in [0.05, 0.1) is 13.2 Å². The van der Waals surface area contributed by atoms with E-state index >= 15 is 0 Å². The molecule has 0 saturated heterocycles. The van der Waals surface area contributed by atoms with Crippen LogP contribution in [0.3, 0.4) is 0 Å². The number of ether oxygens (including phenoxy) is 1. The first-order valence-corrected chi connectivity index (χ1v) is 6.84. The SMILES string of the molecule is NCC(COCc1ccccc1)Cc1ccc(F)cc1. The van der Waals surface area contributed by atoms with Crippen molar-refractivity contribution in [2.75, 3.05) is 13.2 Å². The smallest absolute Gasteiger partial charge is 0.123 e. The normalized spacial score (nSPS) is 12.3. The summed E-state index contributed by atoms with van der Waals surface area (Å²) in [6.45, 7) is 1.77. The molecule has 2 aromatic rings. The molecule has 0 fully saturated rings. The topological polar surface area (TPSA) is 35.2 Å². The van der Waals surface area contributed by atoms with Crippen molar-refractivity contribution < 1.29 is 9.13 Å². The average Bonchev–Trinajstić information content (AvgIpc) is 2.49. The number of hydrogen-bond donors (Lipinski definition) is 1. The number of hydrogen-bond acceptors (Lipinski definition) is 2. The van der Waals surface area contributed by atoms with Crippen LogP contribution in [0.2, 0.25) is 0 Å². The Morgan fingerprint density at radius 3 is 2.30 bits per heavy atom. The first-order valence-electron chi connectivity index (χ1n) is 6.84. The molecule has 0 aliphatic rings. The monoisotopic (exact) mass is 273 g/mol. The summed E-state index contributed by atoms with van der Waals surface area (Å²) in [7, 11) is 0. The molecule has 0 amide bonds. The van der Waals surface area contributed by atoms with Gasteiger partial charge in [0.1, 0.15) is 5.82 Å². The lowest BCUT2D eigenvalue weighted by Gasteiger charge is -2.15. The Morgan fingerprint density at radius 1 is 0.950 bits per heavy atom. The second-order valence-electron chi connectivity index (χ2n) is 4.93. The maximum absolute atomic E-state index is 12.8. The van der Waals surface area contributed by atoms with Gasteiger partial charge in [-0.1, -0.05) is 42.5 Å². The van der Waals surface area contributed by atoms with Gasteiger partial charge in [0.2, 0.25) is 0 Å². The van der Waals surface area contributed by atoms with Crippen molar-refractivity contribution >= 4 is 0 Å². The zero-order chi connectivity index (χ0) is 14.2. The van der Waals surface area contributed by atoms with Crippen molar-refractivity contribution in [3.8, 4) is 0 Å². The number of nitrogens with two attached hydrogens (primary N) is 1. The Bertz CT molecular complexity index is 498. The molecule has 0 spiro atoms. The third-order valence-electron chi connectivity index (χ3n) is 3.24. The lowest BCUT2D eigenvalue weighted by atomic mass is 10.0. The lowest BCUT2D eigenvalue weighted by Crippen LogP contribution is -2.22. The minimum atomic E-state index is -0.210. The van der Waals surface area contributed by atoms with Crippen LogP contribution in [0.25, 0.3) is 0 Å². The van der Waals surface area contributed by atoms with Crippen LogP contribution >= 0.6 is 0 Å². The van der Waals surface area contributed by atoms with E-state index in [-0.39, 0.29) is 11.7 Å². The van der Waals surface area contributed by atoms with Gasteiger partial charge in [-0.05, 0) is 42.1 Å². The predicted octanol–water partition coefficient (Wildman–Crippen LogP) is 3.16. The van der Waals surface area contributed by atoms with Crippen molar-refractivity contribution in [3.63, 3.8) is 0 Å². The molecule has 0 aromatic heterocycles. The summed E-state index contributed by atoms with van der Waals surface area (Å²) in [5, 5.41) is 0. The van der Waals surface area contributed by atoms with E-state index in [9.17, 15) is 4.39 Å². The van der Waals surface area contributed by atoms with E-state index in [0.29, 0.717) is 19.8 Å². The molecule has 0 bridgehead atoms. The van der Waals surface area contributed by atoms with Crippen LogP contribution in [-0.4, -0.2) is 13.2 Å². The van der Waals surface area contributed by atoms with Crippen LogP contribution in [0.4, 0.5) is 4.39 Å². The molecule has 2 nitrogen and oxygen atoms in total. The molecule has 0 aliphatic carbocycles. The molecule has 106 valence electrons. The van der Waals surface area contributed by atoms with Crippen LogP contribution in [0.1, 0.15) is 11.1 Å². The van der Waals surface area contributed by atoms with Crippen LogP contribution in [0.15, 0.2) is 54.6 Å². The highest BCUT2D eigenvalue weighted by atomic mass is 19.1. The van der Waals surface area contributed by atoms with E-state index in [0.717, 1.165) is 17.5 Å². The van der Waals surface area contributed by atoms with Crippen LogP contribution in [0.5, 0.6) is 0 Å². The quantitative estimate of drug-likeness (QED) is 0.841. The highest BCUT2D eigenvalue weighted by Crippen LogP contribution is 2.11. The number of halogens is 1. The molecule has 0 heterocycles. The molecule has 1 unspecified atom stereocenters. The minimum Gasteiger partial charge on any atom is -0.376 e. The molecule has 2 rings (SSSR count). The molecular weight excluding hydrogens is 253 g/mol. The van der Waals surface area contributed by atoms with E-state index in [1.54, 1.807) is 12.1 Å². The standard InChI is InChI=1S/C17H20FNO/c18-17-8-6-14(7-9-17)10-16(11-19)13-20-12-15-4-2-1-3-5-15/h1-9,16H,10-13,19H2. The van der Waals surface area contributed by atoms with Gasteiger partial charge in [0.15, 0.2) is 0 Å². The van der Waals surface area contributed by atoms with Gasteiger partial charge in [-0.25, -0.2) is 4.39 Å². The Balaban J connectivity index is 1.79. The van der Waals surface area contributed by atoms with Crippen LogP contribution < -0.4 is 5.73 Å². The predicted molar refractivity (Wildman–Crippen MR) is 78.7 cm³/mol. The summed E-state index contributed by atoms with van der Waals surface area (Å²) in [5.74, 6) is 0.0440. The average molecular weight is 273 g/mol. The molecule has 1 atom stereocenters. The fourth-order valence-electron chi connectivity index (χ4n) is 2.08. The van der Waals surface area contributed by atoms with Crippen molar-refractivity contribution in [3.05, 3.63) is 71.5 Å². The fourth-order valence-corrected chi connectivity index (χ4v) is 2.08. The maximum Gasteiger partial charge on any atom is 0.123 e. The molecule has 20 heavy (non-hydrogen) atoms. The van der Waals surface area contributed by atoms with Gasteiger partial charge in [-0.3, -0.25) is 0 Å². The van der Waals surface area contributed by atoms with E-state index < -0.39 is 0 Å². The molecule has 2 aromatic carbocycles. The Morgan fingerprint density at radius 2 is 1.65 bits per heavy atom. The van der Waals surface area contributed by atoms with Gasteiger partial charge in [0.25, 0.3) is 0 Å². The van der Waals surface area contributed by atoms with E-state index in [2.05, 4.69) is 0 Å². The lowest BCUT2D eigenvalue weighted by molar-refractivity contribution is 0.0892. The first kappa shape index (κ1) is 14.7. The minimum absolute atomic E-state index is 0.210. The molecule has 3 heteroatoms. The molecule has 0 aliphatic heterocycles. The van der Waals surface area contributed by atoms with E-state index in [1.807, 2.05) is 30.3 Å². The summed E-state index contributed by atoms with van der Waals surface area (Å²) in [6.07, 6.45) is 0.811. The fraction of sp³-hybridized carbons (Fsp3) is 0.294. The van der Waals surface area contributed by atoms with Crippen molar-refractivity contribution in [2.24, 2.45) is 11.7 Å². The van der Waals surface area contributed by atoms with Crippen LogP contribution in [0, 0.1) is 11.7 Å².